The third kappa shape index (κ3) is 6.02. The molecule has 1 unspecified atom stereocenters. The summed E-state index contributed by atoms with van der Waals surface area (Å²) in [6.07, 6.45) is 4.43. The normalized spacial score (nSPS) is 12.0. The van der Waals surface area contributed by atoms with Crippen molar-refractivity contribution in [2.75, 3.05) is 14.2 Å². The van der Waals surface area contributed by atoms with Gasteiger partial charge in [-0.05, 0) is 37.5 Å². The number of aliphatic carboxylic acids is 1. The number of carboxylic acids is 1. The van der Waals surface area contributed by atoms with Gasteiger partial charge in [-0.2, -0.15) is 0 Å². The van der Waals surface area contributed by atoms with Gasteiger partial charge in [0.2, 0.25) is 5.91 Å². The summed E-state index contributed by atoms with van der Waals surface area (Å²) in [5.74, 6) is -0.112. The van der Waals surface area contributed by atoms with E-state index in [1.165, 1.54) is 0 Å². The van der Waals surface area contributed by atoms with E-state index in [9.17, 15) is 9.59 Å². The minimum atomic E-state index is -1.04. The second kappa shape index (κ2) is 9.50. The van der Waals surface area contributed by atoms with Crippen LogP contribution in [0.25, 0.3) is 0 Å². The number of carbonyl (C=O) groups excluding carboxylic acids is 1. The first-order chi connectivity index (χ1) is 11.0. The number of allylic oxidation sites excluding steroid dienone is 1. The van der Waals surface area contributed by atoms with E-state index in [1.807, 2.05) is 6.07 Å². The van der Waals surface area contributed by atoms with Crippen molar-refractivity contribution in [3.8, 4) is 11.5 Å². The number of rotatable bonds is 9. The van der Waals surface area contributed by atoms with Gasteiger partial charge in [-0.25, -0.2) is 4.79 Å². The maximum absolute atomic E-state index is 11.9. The van der Waals surface area contributed by atoms with E-state index in [4.69, 9.17) is 14.6 Å². The summed E-state index contributed by atoms with van der Waals surface area (Å²) in [6.45, 7) is 1.80. The smallest absolute Gasteiger partial charge is 0.326 e. The number of ether oxygens (including phenoxy) is 2. The average Bonchev–Trinajstić information content (AvgIpc) is 2.56. The van der Waals surface area contributed by atoms with Gasteiger partial charge in [-0.15, -0.1) is 0 Å². The lowest BCUT2D eigenvalue weighted by molar-refractivity contribution is -0.141. The van der Waals surface area contributed by atoms with Crippen LogP contribution < -0.4 is 14.8 Å². The molecule has 0 saturated heterocycles. The standard InChI is InChI=1S/C17H23NO5/c1-4-5-6-13(17(20)21)18-16(19)10-8-12-7-9-14(22-2)15(11-12)23-3/h4-5,7,9,11,13H,6,8,10H2,1-3H3,(H,18,19)(H,20,21)/b5-4+. The number of carboxylic acid groups (broad SMARTS) is 1. The van der Waals surface area contributed by atoms with Crippen molar-refractivity contribution < 1.29 is 24.2 Å². The number of benzene rings is 1. The Morgan fingerprint density at radius 3 is 2.52 bits per heavy atom. The number of hydrogen-bond donors (Lipinski definition) is 2. The van der Waals surface area contributed by atoms with Crippen LogP contribution in [0.3, 0.4) is 0 Å². The molecule has 1 rings (SSSR count). The quantitative estimate of drug-likeness (QED) is 0.681. The lowest BCUT2D eigenvalue weighted by atomic mass is 10.1. The predicted molar refractivity (Wildman–Crippen MR) is 86.9 cm³/mol. The van der Waals surface area contributed by atoms with E-state index in [0.717, 1.165) is 5.56 Å². The second-order valence-corrected chi connectivity index (χ2v) is 4.95. The Labute approximate surface area is 136 Å². The molecule has 0 aliphatic rings. The first-order valence-electron chi connectivity index (χ1n) is 7.36. The first kappa shape index (κ1) is 18.5. The maximum Gasteiger partial charge on any atom is 0.326 e. The van der Waals surface area contributed by atoms with Crippen LogP contribution in [0.4, 0.5) is 0 Å². The van der Waals surface area contributed by atoms with Gasteiger partial charge in [0.05, 0.1) is 14.2 Å². The molecule has 2 N–H and O–H groups in total. The Balaban J connectivity index is 2.59. The topological polar surface area (TPSA) is 84.9 Å². The van der Waals surface area contributed by atoms with E-state index in [0.29, 0.717) is 17.9 Å². The zero-order valence-electron chi connectivity index (χ0n) is 13.7. The first-order valence-corrected chi connectivity index (χ1v) is 7.36. The van der Waals surface area contributed by atoms with Crippen LogP contribution in [0.5, 0.6) is 11.5 Å². The summed E-state index contributed by atoms with van der Waals surface area (Å²) < 4.78 is 10.4. The van der Waals surface area contributed by atoms with Crippen molar-refractivity contribution >= 4 is 11.9 Å². The Morgan fingerprint density at radius 1 is 1.26 bits per heavy atom. The Morgan fingerprint density at radius 2 is 1.96 bits per heavy atom. The van der Waals surface area contributed by atoms with E-state index in [-0.39, 0.29) is 18.7 Å². The molecule has 1 aromatic rings. The number of amides is 1. The number of carbonyl (C=O) groups is 2. The highest BCUT2D eigenvalue weighted by Gasteiger charge is 2.18. The van der Waals surface area contributed by atoms with Gasteiger partial charge in [0, 0.05) is 6.42 Å². The number of nitrogens with one attached hydrogen (secondary N) is 1. The Bertz CT molecular complexity index is 568. The molecule has 0 fully saturated rings. The fourth-order valence-corrected chi connectivity index (χ4v) is 2.05. The average molecular weight is 321 g/mol. The van der Waals surface area contributed by atoms with Crippen molar-refractivity contribution in [2.45, 2.75) is 32.2 Å². The molecule has 1 aromatic carbocycles. The molecule has 0 saturated carbocycles. The molecule has 0 spiro atoms. The van der Waals surface area contributed by atoms with Gasteiger partial charge in [-0.3, -0.25) is 4.79 Å². The highest BCUT2D eigenvalue weighted by atomic mass is 16.5. The number of hydrogen-bond acceptors (Lipinski definition) is 4. The number of aryl methyl sites for hydroxylation is 1. The number of methoxy groups -OCH3 is 2. The summed E-state index contributed by atoms with van der Waals surface area (Å²) >= 11 is 0. The van der Waals surface area contributed by atoms with Gasteiger partial charge in [0.25, 0.3) is 0 Å². The van der Waals surface area contributed by atoms with E-state index < -0.39 is 12.0 Å². The fourth-order valence-electron chi connectivity index (χ4n) is 2.05. The molecular weight excluding hydrogens is 298 g/mol. The SMILES string of the molecule is C/C=C/CC(NC(=O)CCc1ccc(OC)c(OC)c1)C(=O)O. The summed E-state index contributed by atoms with van der Waals surface area (Å²) in [5, 5.41) is 11.6. The summed E-state index contributed by atoms with van der Waals surface area (Å²) in [6, 6.07) is 4.53. The van der Waals surface area contributed by atoms with Crippen LogP contribution in [-0.2, 0) is 16.0 Å². The molecule has 0 bridgehead atoms. The highest BCUT2D eigenvalue weighted by Crippen LogP contribution is 2.27. The molecule has 1 atom stereocenters. The Hall–Kier alpha value is -2.50. The van der Waals surface area contributed by atoms with Gasteiger partial charge in [0.1, 0.15) is 6.04 Å². The monoisotopic (exact) mass is 321 g/mol. The zero-order chi connectivity index (χ0) is 17.2. The van der Waals surface area contributed by atoms with Gasteiger partial charge in [0.15, 0.2) is 11.5 Å². The van der Waals surface area contributed by atoms with Crippen molar-refractivity contribution in [3.05, 3.63) is 35.9 Å². The molecule has 0 heterocycles. The molecule has 0 aliphatic carbocycles. The zero-order valence-corrected chi connectivity index (χ0v) is 13.7. The van der Waals surface area contributed by atoms with Gasteiger partial charge < -0.3 is 19.9 Å². The van der Waals surface area contributed by atoms with E-state index >= 15 is 0 Å². The molecule has 6 nitrogen and oxygen atoms in total. The van der Waals surface area contributed by atoms with Crippen molar-refractivity contribution in [1.82, 2.24) is 5.32 Å². The van der Waals surface area contributed by atoms with Crippen LogP contribution in [0.2, 0.25) is 0 Å². The lowest BCUT2D eigenvalue weighted by Crippen LogP contribution is -2.40. The fraction of sp³-hybridized carbons (Fsp3) is 0.412. The van der Waals surface area contributed by atoms with Gasteiger partial charge in [-0.1, -0.05) is 18.2 Å². The minimum absolute atomic E-state index is 0.203. The Kier molecular flexibility index (Phi) is 7.66. The lowest BCUT2D eigenvalue weighted by Gasteiger charge is -2.13. The molecule has 0 aliphatic heterocycles. The molecule has 1 amide bonds. The van der Waals surface area contributed by atoms with Crippen molar-refractivity contribution in [3.63, 3.8) is 0 Å². The van der Waals surface area contributed by atoms with Crippen molar-refractivity contribution in [2.24, 2.45) is 0 Å². The highest BCUT2D eigenvalue weighted by molar-refractivity contribution is 5.83. The van der Waals surface area contributed by atoms with Crippen LogP contribution in [0, 0.1) is 0 Å². The van der Waals surface area contributed by atoms with Crippen LogP contribution in [-0.4, -0.2) is 37.2 Å². The van der Waals surface area contributed by atoms with Gasteiger partial charge >= 0.3 is 5.97 Å². The molecular formula is C17H23NO5. The second-order valence-electron chi connectivity index (χ2n) is 4.95. The van der Waals surface area contributed by atoms with Crippen molar-refractivity contribution in [1.29, 1.82) is 0 Å². The molecule has 6 heteroatoms. The minimum Gasteiger partial charge on any atom is -0.493 e. The third-order valence-corrected chi connectivity index (χ3v) is 3.33. The van der Waals surface area contributed by atoms with E-state index in [2.05, 4.69) is 5.32 Å². The summed E-state index contributed by atoms with van der Waals surface area (Å²) in [5.41, 5.74) is 0.915. The van der Waals surface area contributed by atoms with Crippen LogP contribution in [0.1, 0.15) is 25.3 Å². The molecule has 126 valence electrons. The predicted octanol–water partition coefficient (Wildman–Crippen LogP) is 2.17. The summed E-state index contributed by atoms with van der Waals surface area (Å²) in [7, 11) is 3.11. The maximum atomic E-state index is 11.9. The molecule has 0 radical (unpaired) electrons. The molecule has 0 aromatic heterocycles. The molecule has 23 heavy (non-hydrogen) atoms. The third-order valence-electron chi connectivity index (χ3n) is 3.33. The van der Waals surface area contributed by atoms with Crippen LogP contribution in [0.15, 0.2) is 30.4 Å². The summed E-state index contributed by atoms with van der Waals surface area (Å²) in [4.78, 5) is 23.0. The van der Waals surface area contributed by atoms with Crippen LogP contribution >= 0.6 is 0 Å². The van der Waals surface area contributed by atoms with E-state index in [1.54, 1.807) is 45.4 Å². The largest absolute Gasteiger partial charge is 0.493 e.